The summed E-state index contributed by atoms with van der Waals surface area (Å²) in [7, 11) is 1.77. The van der Waals surface area contributed by atoms with Crippen LogP contribution < -0.4 is 10.6 Å². The van der Waals surface area contributed by atoms with E-state index in [0.717, 1.165) is 12.8 Å². The molecule has 1 rings (SSSR count). The summed E-state index contributed by atoms with van der Waals surface area (Å²) >= 11 is 0. The van der Waals surface area contributed by atoms with Crippen LogP contribution >= 0.6 is 0 Å². The molecule has 0 bridgehead atoms. The molecular formula is C13H22N4O3. The van der Waals surface area contributed by atoms with Crippen LogP contribution in [0.25, 0.3) is 0 Å². The SMILES string of the molecule is CC(CCCC(C)C(=O)O)NC(=O)Nc1ccn(C)n1. The number of amides is 2. The van der Waals surface area contributed by atoms with Gasteiger partial charge in [-0.2, -0.15) is 5.10 Å². The lowest BCUT2D eigenvalue weighted by atomic mass is 10.0. The lowest BCUT2D eigenvalue weighted by Gasteiger charge is -2.14. The molecule has 0 aromatic carbocycles. The van der Waals surface area contributed by atoms with Gasteiger partial charge in [-0.3, -0.25) is 14.8 Å². The highest BCUT2D eigenvalue weighted by Gasteiger charge is 2.12. The second-order valence-corrected chi connectivity index (χ2v) is 5.04. The molecule has 0 saturated heterocycles. The summed E-state index contributed by atoms with van der Waals surface area (Å²) in [6.45, 7) is 3.58. The molecular weight excluding hydrogens is 260 g/mol. The first-order valence-corrected chi connectivity index (χ1v) is 6.68. The van der Waals surface area contributed by atoms with Gasteiger partial charge in [0, 0.05) is 25.4 Å². The molecule has 1 aromatic rings. The van der Waals surface area contributed by atoms with Gasteiger partial charge in [0.15, 0.2) is 5.82 Å². The maximum absolute atomic E-state index is 11.7. The molecule has 0 fully saturated rings. The topological polar surface area (TPSA) is 96.3 Å². The molecule has 2 unspecified atom stereocenters. The molecule has 2 amide bonds. The van der Waals surface area contributed by atoms with Crippen LogP contribution in [0.2, 0.25) is 0 Å². The number of carboxylic acids is 1. The van der Waals surface area contributed by atoms with Crippen molar-refractivity contribution in [2.75, 3.05) is 5.32 Å². The molecule has 7 nitrogen and oxygen atoms in total. The molecule has 20 heavy (non-hydrogen) atoms. The van der Waals surface area contributed by atoms with E-state index in [0.29, 0.717) is 12.2 Å². The smallest absolute Gasteiger partial charge is 0.320 e. The Balaban J connectivity index is 2.23. The average Bonchev–Trinajstić information content (AvgIpc) is 2.73. The third-order valence-corrected chi connectivity index (χ3v) is 3.03. The van der Waals surface area contributed by atoms with E-state index >= 15 is 0 Å². The van der Waals surface area contributed by atoms with Gasteiger partial charge in [-0.1, -0.05) is 13.3 Å². The summed E-state index contributed by atoms with van der Waals surface area (Å²) in [5.74, 6) is -0.625. The van der Waals surface area contributed by atoms with Crippen LogP contribution in [0.15, 0.2) is 12.3 Å². The predicted octanol–water partition coefficient (Wildman–Crippen LogP) is 1.82. The summed E-state index contributed by atoms with van der Waals surface area (Å²) in [4.78, 5) is 22.3. The number of hydrogen-bond acceptors (Lipinski definition) is 3. The minimum atomic E-state index is -0.779. The second-order valence-electron chi connectivity index (χ2n) is 5.04. The molecule has 0 radical (unpaired) electrons. The number of aliphatic carboxylic acids is 1. The fourth-order valence-electron chi connectivity index (χ4n) is 1.78. The summed E-state index contributed by atoms with van der Waals surface area (Å²) in [6, 6.07) is 1.39. The van der Waals surface area contributed by atoms with Crippen molar-refractivity contribution in [3.05, 3.63) is 12.3 Å². The van der Waals surface area contributed by atoms with Gasteiger partial charge in [0.25, 0.3) is 0 Å². The largest absolute Gasteiger partial charge is 0.481 e. The van der Waals surface area contributed by atoms with Gasteiger partial charge >= 0.3 is 12.0 Å². The normalized spacial score (nSPS) is 13.6. The van der Waals surface area contributed by atoms with Crippen LogP contribution in [-0.2, 0) is 11.8 Å². The van der Waals surface area contributed by atoms with Crippen molar-refractivity contribution in [2.45, 2.75) is 39.2 Å². The average molecular weight is 282 g/mol. The number of rotatable bonds is 7. The number of carboxylic acid groups (broad SMARTS) is 1. The van der Waals surface area contributed by atoms with Gasteiger partial charge in [-0.15, -0.1) is 0 Å². The Morgan fingerprint density at radius 3 is 2.65 bits per heavy atom. The lowest BCUT2D eigenvalue weighted by molar-refractivity contribution is -0.141. The lowest BCUT2D eigenvalue weighted by Crippen LogP contribution is -2.36. The highest BCUT2D eigenvalue weighted by Crippen LogP contribution is 2.09. The maximum Gasteiger partial charge on any atom is 0.320 e. The third kappa shape index (κ3) is 5.73. The summed E-state index contributed by atoms with van der Waals surface area (Å²) < 4.78 is 1.60. The van der Waals surface area contributed by atoms with Crippen molar-refractivity contribution in [2.24, 2.45) is 13.0 Å². The predicted molar refractivity (Wildman–Crippen MR) is 75.5 cm³/mol. The molecule has 7 heteroatoms. The quantitative estimate of drug-likeness (QED) is 0.710. The number of aromatic nitrogens is 2. The van der Waals surface area contributed by atoms with E-state index in [2.05, 4.69) is 15.7 Å². The molecule has 0 saturated carbocycles. The summed E-state index contributed by atoms with van der Waals surface area (Å²) in [5.41, 5.74) is 0. The zero-order valence-electron chi connectivity index (χ0n) is 12.1. The van der Waals surface area contributed by atoms with E-state index in [1.165, 1.54) is 0 Å². The fraction of sp³-hybridized carbons (Fsp3) is 0.615. The highest BCUT2D eigenvalue weighted by molar-refractivity contribution is 5.88. The number of nitrogens with one attached hydrogen (secondary N) is 2. The molecule has 0 aliphatic rings. The number of nitrogens with zero attached hydrogens (tertiary/aromatic N) is 2. The zero-order valence-corrected chi connectivity index (χ0v) is 12.1. The molecule has 0 aliphatic carbocycles. The van der Waals surface area contributed by atoms with Gasteiger partial charge in [0.05, 0.1) is 5.92 Å². The Hall–Kier alpha value is -2.05. The Kier molecular flexibility index (Phi) is 6.02. The van der Waals surface area contributed by atoms with E-state index in [4.69, 9.17) is 5.11 Å². The van der Waals surface area contributed by atoms with Crippen LogP contribution in [0.1, 0.15) is 33.1 Å². The molecule has 0 aliphatic heterocycles. The molecule has 1 aromatic heterocycles. The van der Waals surface area contributed by atoms with Gasteiger partial charge in [0.2, 0.25) is 0 Å². The first-order valence-electron chi connectivity index (χ1n) is 6.68. The monoisotopic (exact) mass is 282 g/mol. The minimum Gasteiger partial charge on any atom is -0.481 e. The van der Waals surface area contributed by atoms with E-state index < -0.39 is 5.97 Å². The molecule has 3 N–H and O–H groups in total. The van der Waals surface area contributed by atoms with Crippen LogP contribution in [0.4, 0.5) is 10.6 Å². The molecule has 112 valence electrons. The van der Waals surface area contributed by atoms with Gasteiger partial charge in [0.1, 0.15) is 0 Å². The van der Waals surface area contributed by atoms with Crippen molar-refractivity contribution in [3.63, 3.8) is 0 Å². The Morgan fingerprint density at radius 1 is 1.40 bits per heavy atom. The van der Waals surface area contributed by atoms with E-state index in [-0.39, 0.29) is 18.0 Å². The van der Waals surface area contributed by atoms with Gasteiger partial charge in [-0.05, 0) is 19.8 Å². The van der Waals surface area contributed by atoms with Crippen molar-refractivity contribution < 1.29 is 14.7 Å². The Labute approximate surface area is 118 Å². The van der Waals surface area contributed by atoms with E-state index in [1.54, 1.807) is 30.9 Å². The summed E-state index contributed by atoms with van der Waals surface area (Å²) in [6.07, 6.45) is 3.86. The Morgan fingerprint density at radius 2 is 2.10 bits per heavy atom. The van der Waals surface area contributed by atoms with E-state index in [1.807, 2.05) is 6.92 Å². The zero-order chi connectivity index (χ0) is 15.1. The minimum absolute atomic E-state index is 0.0142. The molecule has 1 heterocycles. The van der Waals surface area contributed by atoms with E-state index in [9.17, 15) is 9.59 Å². The van der Waals surface area contributed by atoms with Crippen molar-refractivity contribution in [3.8, 4) is 0 Å². The number of hydrogen-bond donors (Lipinski definition) is 3. The number of aryl methyl sites for hydroxylation is 1. The highest BCUT2D eigenvalue weighted by atomic mass is 16.4. The first-order chi connectivity index (χ1) is 9.38. The number of carbonyl (C=O) groups excluding carboxylic acids is 1. The maximum atomic E-state index is 11.7. The van der Waals surface area contributed by atoms with Crippen LogP contribution in [-0.4, -0.2) is 32.9 Å². The molecule has 0 spiro atoms. The van der Waals surface area contributed by atoms with Crippen molar-refractivity contribution >= 4 is 17.8 Å². The van der Waals surface area contributed by atoms with Crippen LogP contribution in [0.3, 0.4) is 0 Å². The van der Waals surface area contributed by atoms with Gasteiger partial charge in [-0.25, -0.2) is 4.79 Å². The third-order valence-electron chi connectivity index (χ3n) is 3.03. The van der Waals surface area contributed by atoms with Crippen LogP contribution in [0.5, 0.6) is 0 Å². The fourth-order valence-corrected chi connectivity index (χ4v) is 1.78. The Bertz CT molecular complexity index is 458. The number of urea groups is 1. The second kappa shape index (κ2) is 7.52. The standard InChI is InChI=1S/C13H22N4O3/c1-9(12(18)19)5-4-6-10(2)14-13(20)15-11-7-8-17(3)16-11/h7-10H,4-6H2,1-3H3,(H,18,19)(H2,14,15,16,20). The van der Waals surface area contributed by atoms with Crippen molar-refractivity contribution in [1.82, 2.24) is 15.1 Å². The van der Waals surface area contributed by atoms with Crippen LogP contribution in [0, 0.1) is 5.92 Å². The number of anilines is 1. The van der Waals surface area contributed by atoms with Crippen molar-refractivity contribution in [1.29, 1.82) is 0 Å². The van der Waals surface area contributed by atoms with Gasteiger partial charge < -0.3 is 10.4 Å². The summed E-state index contributed by atoms with van der Waals surface area (Å²) in [5, 5.41) is 18.2. The first kappa shape index (κ1) is 16.0. The number of carbonyl (C=O) groups is 2. The molecule has 2 atom stereocenters.